The monoisotopic (exact) mass is 281 g/mol. The highest BCUT2D eigenvalue weighted by molar-refractivity contribution is 8.00. The molecule has 1 aromatic rings. The summed E-state index contributed by atoms with van der Waals surface area (Å²) >= 11 is 1.46. The number of hydrogen-bond donors (Lipinski definition) is 1. The van der Waals surface area contributed by atoms with Crippen molar-refractivity contribution in [2.45, 2.75) is 36.2 Å². The molecule has 0 saturated heterocycles. The van der Waals surface area contributed by atoms with Gasteiger partial charge in [0.2, 0.25) is 0 Å². The maximum absolute atomic E-state index is 11.4. The fraction of sp³-hybridized carbons (Fsp3) is 0.462. The molecule has 0 radical (unpaired) electrons. The van der Waals surface area contributed by atoms with Gasteiger partial charge in [0, 0.05) is 17.4 Å². The lowest BCUT2D eigenvalue weighted by Crippen LogP contribution is -2.11. The highest BCUT2D eigenvalue weighted by atomic mass is 32.2. The predicted molar refractivity (Wildman–Crippen MR) is 73.3 cm³/mol. The van der Waals surface area contributed by atoms with Gasteiger partial charge in [0.05, 0.1) is 4.92 Å². The van der Waals surface area contributed by atoms with Crippen LogP contribution in [-0.4, -0.2) is 21.2 Å². The van der Waals surface area contributed by atoms with Crippen LogP contribution in [0.5, 0.6) is 0 Å². The molecule has 1 aliphatic carbocycles. The third kappa shape index (κ3) is 3.47. The minimum atomic E-state index is -0.884. The summed E-state index contributed by atoms with van der Waals surface area (Å²) in [5.74, 6) is -0.884. The first-order chi connectivity index (χ1) is 9.08. The van der Waals surface area contributed by atoms with E-state index in [1.54, 1.807) is 12.1 Å². The smallest absolute Gasteiger partial charge is 0.321 e. The molecule has 0 amide bonds. The molecule has 1 unspecified atom stereocenters. The SMILES string of the molecule is O=C(O)C(SC1CCCC1)c1ccc([N+](=O)[O-])cc1. The van der Waals surface area contributed by atoms with Gasteiger partial charge in [-0.15, -0.1) is 11.8 Å². The summed E-state index contributed by atoms with van der Waals surface area (Å²) in [6.45, 7) is 0. The van der Waals surface area contributed by atoms with Crippen molar-refractivity contribution in [1.29, 1.82) is 0 Å². The Balaban J connectivity index is 2.13. The minimum absolute atomic E-state index is 0.0150. The molecule has 19 heavy (non-hydrogen) atoms. The standard InChI is InChI=1S/C13H15NO4S/c15-13(16)12(19-11-3-1-2-4-11)9-5-7-10(8-6-9)14(17)18/h5-8,11-12H,1-4H2,(H,15,16). The number of carboxylic acids is 1. The number of rotatable bonds is 5. The number of thioether (sulfide) groups is 1. The Hall–Kier alpha value is -1.56. The van der Waals surface area contributed by atoms with Gasteiger partial charge in [0.25, 0.3) is 5.69 Å². The van der Waals surface area contributed by atoms with Gasteiger partial charge in [-0.05, 0) is 18.4 Å². The van der Waals surface area contributed by atoms with Gasteiger partial charge in [-0.3, -0.25) is 14.9 Å². The van der Waals surface area contributed by atoms with Crippen molar-refractivity contribution in [3.8, 4) is 0 Å². The summed E-state index contributed by atoms with van der Waals surface area (Å²) in [5.41, 5.74) is 0.605. The quantitative estimate of drug-likeness (QED) is 0.661. The molecule has 2 rings (SSSR count). The molecule has 1 saturated carbocycles. The molecule has 1 aromatic carbocycles. The second-order valence-corrected chi connectivity index (χ2v) is 6.02. The molecule has 102 valence electrons. The summed E-state index contributed by atoms with van der Waals surface area (Å²) in [4.78, 5) is 21.4. The highest BCUT2D eigenvalue weighted by Gasteiger charge is 2.27. The molecular weight excluding hydrogens is 266 g/mol. The average molecular weight is 281 g/mol. The zero-order chi connectivity index (χ0) is 13.8. The Labute approximate surface area is 115 Å². The number of benzene rings is 1. The van der Waals surface area contributed by atoms with Crippen LogP contribution in [0.2, 0.25) is 0 Å². The first kappa shape index (κ1) is 13.9. The van der Waals surface area contributed by atoms with E-state index < -0.39 is 16.1 Å². The molecule has 0 spiro atoms. The van der Waals surface area contributed by atoms with Gasteiger partial charge in [-0.2, -0.15) is 0 Å². The number of hydrogen-bond acceptors (Lipinski definition) is 4. The van der Waals surface area contributed by atoms with Crippen LogP contribution in [0.3, 0.4) is 0 Å². The molecule has 0 heterocycles. The largest absolute Gasteiger partial charge is 0.480 e. The normalized spacial score (nSPS) is 17.3. The van der Waals surface area contributed by atoms with Crippen LogP contribution in [0, 0.1) is 10.1 Å². The van der Waals surface area contributed by atoms with E-state index in [-0.39, 0.29) is 5.69 Å². The third-order valence-electron chi connectivity index (χ3n) is 3.26. The lowest BCUT2D eigenvalue weighted by Gasteiger charge is -2.16. The summed E-state index contributed by atoms with van der Waals surface area (Å²) in [6, 6.07) is 5.80. The maximum atomic E-state index is 11.4. The van der Waals surface area contributed by atoms with Crippen molar-refractivity contribution >= 4 is 23.4 Å². The Morgan fingerprint density at radius 3 is 2.37 bits per heavy atom. The number of nitro groups is 1. The molecule has 1 N–H and O–H groups in total. The number of aliphatic carboxylic acids is 1. The number of nitrogens with zero attached hydrogens (tertiary/aromatic N) is 1. The van der Waals surface area contributed by atoms with E-state index in [4.69, 9.17) is 0 Å². The molecule has 0 bridgehead atoms. The lowest BCUT2D eigenvalue weighted by atomic mass is 10.1. The van der Waals surface area contributed by atoms with Crippen LogP contribution >= 0.6 is 11.8 Å². The number of carbonyl (C=O) groups is 1. The van der Waals surface area contributed by atoms with Gasteiger partial charge < -0.3 is 5.11 Å². The summed E-state index contributed by atoms with van der Waals surface area (Å²) in [5, 5.41) is 19.6. The topological polar surface area (TPSA) is 80.4 Å². The lowest BCUT2D eigenvalue weighted by molar-refractivity contribution is -0.384. The maximum Gasteiger partial charge on any atom is 0.321 e. The average Bonchev–Trinajstić information content (AvgIpc) is 2.88. The zero-order valence-corrected chi connectivity index (χ0v) is 11.1. The Morgan fingerprint density at radius 2 is 1.89 bits per heavy atom. The van der Waals surface area contributed by atoms with Crippen molar-refractivity contribution in [2.24, 2.45) is 0 Å². The number of carboxylic acid groups (broad SMARTS) is 1. The van der Waals surface area contributed by atoms with Crippen LogP contribution < -0.4 is 0 Å². The van der Waals surface area contributed by atoms with Gasteiger partial charge in [-0.25, -0.2) is 0 Å². The fourth-order valence-electron chi connectivity index (χ4n) is 2.27. The fourth-order valence-corrected chi connectivity index (χ4v) is 3.69. The van der Waals surface area contributed by atoms with Gasteiger partial charge in [0.1, 0.15) is 5.25 Å². The highest BCUT2D eigenvalue weighted by Crippen LogP contribution is 2.39. The van der Waals surface area contributed by atoms with E-state index in [0.717, 1.165) is 25.7 Å². The summed E-state index contributed by atoms with van der Waals surface area (Å²) in [7, 11) is 0. The van der Waals surface area contributed by atoms with E-state index in [9.17, 15) is 20.0 Å². The molecule has 1 fully saturated rings. The molecule has 0 aromatic heterocycles. The van der Waals surface area contributed by atoms with Gasteiger partial charge in [-0.1, -0.05) is 25.0 Å². The summed E-state index contributed by atoms with van der Waals surface area (Å²) < 4.78 is 0. The molecule has 1 atom stereocenters. The van der Waals surface area contributed by atoms with Crippen molar-refractivity contribution in [3.63, 3.8) is 0 Å². The second kappa shape index (κ2) is 6.06. The number of nitro benzene ring substituents is 1. The van der Waals surface area contributed by atoms with Crippen molar-refractivity contribution in [3.05, 3.63) is 39.9 Å². The van der Waals surface area contributed by atoms with E-state index in [0.29, 0.717) is 10.8 Å². The first-order valence-electron chi connectivity index (χ1n) is 6.20. The zero-order valence-electron chi connectivity index (χ0n) is 10.3. The second-order valence-electron chi connectivity index (χ2n) is 4.61. The Morgan fingerprint density at radius 1 is 1.32 bits per heavy atom. The van der Waals surface area contributed by atoms with Gasteiger partial charge in [0.15, 0.2) is 0 Å². The van der Waals surface area contributed by atoms with Crippen molar-refractivity contribution < 1.29 is 14.8 Å². The summed E-state index contributed by atoms with van der Waals surface area (Å²) in [6.07, 6.45) is 4.43. The first-order valence-corrected chi connectivity index (χ1v) is 7.15. The van der Waals surface area contributed by atoms with Crippen LogP contribution in [0.25, 0.3) is 0 Å². The third-order valence-corrected chi connectivity index (χ3v) is 4.86. The van der Waals surface area contributed by atoms with E-state index in [2.05, 4.69) is 0 Å². The molecule has 0 aliphatic heterocycles. The minimum Gasteiger partial charge on any atom is -0.480 e. The van der Waals surface area contributed by atoms with E-state index in [1.165, 1.54) is 23.9 Å². The number of non-ortho nitro benzene ring substituents is 1. The van der Waals surface area contributed by atoms with Gasteiger partial charge >= 0.3 is 5.97 Å². The molecule has 1 aliphatic rings. The molecule has 5 nitrogen and oxygen atoms in total. The molecular formula is C13H15NO4S. The van der Waals surface area contributed by atoms with Crippen LogP contribution in [0.4, 0.5) is 5.69 Å². The Bertz CT molecular complexity index is 468. The van der Waals surface area contributed by atoms with Crippen molar-refractivity contribution in [2.75, 3.05) is 0 Å². The van der Waals surface area contributed by atoms with Crippen LogP contribution in [0.15, 0.2) is 24.3 Å². The molecule has 6 heteroatoms. The van der Waals surface area contributed by atoms with Crippen LogP contribution in [0.1, 0.15) is 36.5 Å². The Kier molecular flexibility index (Phi) is 4.42. The van der Waals surface area contributed by atoms with Crippen molar-refractivity contribution in [1.82, 2.24) is 0 Å². The van der Waals surface area contributed by atoms with E-state index in [1.807, 2.05) is 0 Å². The van der Waals surface area contributed by atoms with E-state index >= 15 is 0 Å². The predicted octanol–water partition coefficient (Wildman–Crippen LogP) is 3.40. The van der Waals surface area contributed by atoms with Crippen LogP contribution in [-0.2, 0) is 4.79 Å².